The second kappa shape index (κ2) is 9.20. The van der Waals surface area contributed by atoms with E-state index in [0.717, 1.165) is 58.3 Å². The third-order valence-electron chi connectivity index (χ3n) is 6.49. The van der Waals surface area contributed by atoms with Crippen LogP contribution in [0, 0.1) is 6.92 Å². The molecule has 9 heteroatoms. The molecule has 180 valence electrons. The van der Waals surface area contributed by atoms with Crippen LogP contribution in [-0.2, 0) is 6.54 Å². The van der Waals surface area contributed by atoms with Crippen LogP contribution in [-0.4, -0.2) is 41.4 Å². The summed E-state index contributed by atoms with van der Waals surface area (Å²) in [6.45, 7) is 2.75. The number of aryl methyl sites for hydroxylation is 2. The number of methoxy groups -OCH3 is 1. The van der Waals surface area contributed by atoms with Crippen molar-refractivity contribution in [1.82, 2.24) is 34.3 Å². The van der Waals surface area contributed by atoms with E-state index >= 15 is 0 Å². The van der Waals surface area contributed by atoms with Crippen LogP contribution in [0.5, 0.6) is 5.88 Å². The summed E-state index contributed by atoms with van der Waals surface area (Å²) in [4.78, 5) is 18.2. The number of nitrogens with zero attached hydrogens (tertiary/aromatic N) is 7. The molecule has 5 aromatic rings. The van der Waals surface area contributed by atoms with E-state index in [2.05, 4.69) is 22.1 Å². The minimum atomic E-state index is 0.0409. The molecule has 5 heterocycles. The van der Waals surface area contributed by atoms with E-state index in [9.17, 15) is 0 Å². The van der Waals surface area contributed by atoms with Gasteiger partial charge in [-0.25, -0.2) is 19.6 Å². The van der Waals surface area contributed by atoms with Gasteiger partial charge in [0, 0.05) is 36.1 Å². The number of rotatable bonds is 5. The van der Waals surface area contributed by atoms with Crippen LogP contribution in [0.25, 0.3) is 28.3 Å². The van der Waals surface area contributed by atoms with Crippen LogP contribution in [0.3, 0.4) is 0 Å². The first kappa shape index (κ1) is 22.4. The third kappa shape index (κ3) is 4.03. The Labute approximate surface area is 213 Å². The maximum absolute atomic E-state index is 6.71. The van der Waals surface area contributed by atoms with Crippen LogP contribution >= 0.6 is 11.6 Å². The summed E-state index contributed by atoms with van der Waals surface area (Å²) in [7, 11) is 1.61. The van der Waals surface area contributed by atoms with Gasteiger partial charge in [0.25, 0.3) is 0 Å². The summed E-state index contributed by atoms with van der Waals surface area (Å²) in [5.41, 5.74) is 5.57. The molecule has 0 saturated heterocycles. The zero-order valence-electron chi connectivity index (χ0n) is 20.0. The number of halogens is 1. The molecule has 0 amide bonds. The van der Waals surface area contributed by atoms with Gasteiger partial charge in [-0.15, -0.1) is 5.10 Å². The molecule has 1 aromatic carbocycles. The number of aromatic nitrogens is 7. The normalized spacial score (nSPS) is 15.0. The Balaban J connectivity index is 1.38. The van der Waals surface area contributed by atoms with Crippen molar-refractivity contribution in [2.45, 2.75) is 32.2 Å². The predicted molar refractivity (Wildman–Crippen MR) is 137 cm³/mol. The zero-order chi connectivity index (χ0) is 24.6. The Morgan fingerprint density at radius 1 is 1.08 bits per heavy atom. The molecular formula is C27H24ClN7O. The largest absolute Gasteiger partial charge is 0.479 e. The summed E-state index contributed by atoms with van der Waals surface area (Å²) in [5, 5.41) is 5.53. The van der Waals surface area contributed by atoms with Crippen LogP contribution in [0.2, 0.25) is 5.02 Å². The lowest BCUT2D eigenvalue weighted by Crippen LogP contribution is -2.18. The maximum atomic E-state index is 6.71. The first-order valence-electron chi connectivity index (χ1n) is 11.8. The van der Waals surface area contributed by atoms with E-state index in [1.807, 2.05) is 58.9 Å². The summed E-state index contributed by atoms with van der Waals surface area (Å²) in [6.07, 6.45) is 9.25. The summed E-state index contributed by atoms with van der Waals surface area (Å²) < 4.78 is 9.47. The van der Waals surface area contributed by atoms with Crippen molar-refractivity contribution < 1.29 is 4.74 Å². The van der Waals surface area contributed by atoms with Crippen molar-refractivity contribution in [2.75, 3.05) is 7.11 Å². The molecule has 8 nitrogen and oxygen atoms in total. The lowest BCUT2D eigenvalue weighted by molar-refractivity contribution is 0.396. The molecule has 0 unspecified atom stereocenters. The van der Waals surface area contributed by atoms with Gasteiger partial charge >= 0.3 is 0 Å². The van der Waals surface area contributed by atoms with Crippen LogP contribution in [0.4, 0.5) is 0 Å². The van der Waals surface area contributed by atoms with Gasteiger partial charge in [-0.1, -0.05) is 23.7 Å². The molecule has 0 radical (unpaired) electrons. The third-order valence-corrected chi connectivity index (χ3v) is 6.84. The predicted octanol–water partition coefficient (Wildman–Crippen LogP) is 5.48. The number of fused-ring (bicyclic) bond motifs is 1. The molecule has 1 aliphatic heterocycles. The Morgan fingerprint density at radius 2 is 2.00 bits per heavy atom. The number of pyridine rings is 2. The number of benzene rings is 1. The van der Waals surface area contributed by atoms with Crippen molar-refractivity contribution in [3.8, 4) is 34.2 Å². The van der Waals surface area contributed by atoms with Gasteiger partial charge in [-0.3, -0.25) is 4.98 Å². The van der Waals surface area contributed by atoms with E-state index in [0.29, 0.717) is 17.4 Å². The van der Waals surface area contributed by atoms with Crippen molar-refractivity contribution in [3.63, 3.8) is 0 Å². The molecule has 1 aliphatic rings. The van der Waals surface area contributed by atoms with Gasteiger partial charge in [0.05, 0.1) is 19.1 Å². The zero-order valence-corrected chi connectivity index (χ0v) is 20.7. The fraction of sp³-hybridized carbons (Fsp3) is 0.222. The highest BCUT2D eigenvalue weighted by atomic mass is 35.5. The van der Waals surface area contributed by atoms with Gasteiger partial charge in [0.15, 0.2) is 5.82 Å². The number of hydrogen-bond acceptors (Lipinski definition) is 6. The Morgan fingerprint density at radius 3 is 2.78 bits per heavy atom. The van der Waals surface area contributed by atoms with Gasteiger partial charge in [0.1, 0.15) is 17.2 Å². The average Bonchev–Trinajstić information content (AvgIpc) is 3.55. The molecule has 0 bridgehead atoms. The Hall–Kier alpha value is -4.04. The molecule has 0 fully saturated rings. The Bertz CT molecular complexity index is 1540. The minimum Gasteiger partial charge on any atom is -0.479 e. The van der Waals surface area contributed by atoms with Crippen molar-refractivity contribution in [3.05, 3.63) is 89.5 Å². The molecule has 1 atom stereocenters. The number of hydrogen-bond donors (Lipinski definition) is 0. The summed E-state index contributed by atoms with van der Waals surface area (Å²) in [6, 6.07) is 14.0. The molecule has 0 saturated carbocycles. The smallest absolute Gasteiger partial charge is 0.238 e. The monoisotopic (exact) mass is 497 g/mol. The van der Waals surface area contributed by atoms with E-state index in [4.69, 9.17) is 31.4 Å². The van der Waals surface area contributed by atoms with Gasteiger partial charge in [0.2, 0.25) is 5.88 Å². The SMILES string of the molecule is COc1nc(-c2nc3n(n2)CCC[C@H]3c2cc(-c3cccnc3)ccc2Cl)ccc1-n1cnc(C)c1. The van der Waals surface area contributed by atoms with E-state index in [1.165, 1.54) is 0 Å². The summed E-state index contributed by atoms with van der Waals surface area (Å²) in [5.74, 6) is 2.00. The second-order valence-electron chi connectivity index (χ2n) is 8.84. The standard InChI is InChI=1S/C27H24ClN7O/c1-17-15-34(16-30-17)24-10-9-23(31-27(24)36-2)25-32-26-20(6-4-12-35(26)33-25)21-13-18(7-8-22(21)28)19-5-3-11-29-14-19/h3,5,7-11,13-16,20H,4,6,12H2,1-2H3/t20-/m0/s1. The molecule has 36 heavy (non-hydrogen) atoms. The minimum absolute atomic E-state index is 0.0409. The highest BCUT2D eigenvalue weighted by molar-refractivity contribution is 6.31. The van der Waals surface area contributed by atoms with Gasteiger partial charge in [-0.2, -0.15) is 0 Å². The first-order valence-corrected chi connectivity index (χ1v) is 12.2. The molecule has 0 spiro atoms. The highest BCUT2D eigenvalue weighted by Crippen LogP contribution is 2.39. The van der Waals surface area contributed by atoms with Crippen LogP contribution < -0.4 is 4.74 Å². The summed E-state index contributed by atoms with van der Waals surface area (Å²) >= 11 is 6.71. The van der Waals surface area contributed by atoms with Crippen molar-refractivity contribution in [1.29, 1.82) is 0 Å². The average molecular weight is 498 g/mol. The molecule has 0 aliphatic carbocycles. The molecule has 0 N–H and O–H groups in total. The van der Waals surface area contributed by atoms with E-state index < -0.39 is 0 Å². The lowest BCUT2D eigenvalue weighted by atomic mass is 9.89. The fourth-order valence-electron chi connectivity index (χ4n) is 4.74. The molecular weight excluding hydrogens is 474 g/mol. The lowest BCUT2D eigenvalue weighted by Gasteiger charge is -2.23. The first-order chi connectivity index (χ1) is 17.6. The second-order valence-corrected chi connectivity index (χ2v) is 9.24. The number of imidazole rings is 1. The van der Waals surface area contributed by atoms with E-state index in [-0.39, 0.29) is 5.92 Å². The van der Waals surface area contributed by atoms with E-state index in [1.54, 1.807) is 19.6 Å². The highest BCUT2D eigenvalue weighted by Gasteiger charge is 2.28. The van der Waals surface area contributed by atoms with Crippen molar-refractivity contribution >= 4 is 11.6 Å². The van der Waals surface area contributed by atoms with Gasteiger partial charge in [-0.05, 0) is 66.8 Å². The van der Waals surface area contributed by atoms with Crippen LogP contribution in [0.15, 0.2) is 67.4 Å². The molecule has 4 aromatic heterocycles. The quantitative estimate of drug-likeness (QED) is 0.319. The van der Waals surface area contributed by atoms with Crippen LogP contribution in [0.1, 0.15) is 35.8 Å². The maximum Gasteiger partial charge on any atom is 0.238 e. The fourth-order valence-corrected chi connectivity index (χ4v) is 4.98. The van der Waals surface area contributed by atoms with Gasteiger partial charge < -0.3 is 9.30 Å². The Kier molecular flexibility index (Phi) is 5.73. The topological polar surface area (TPSA) is 83.5 Å². The van der Waals surface area contributed by atoms with Crippen molar-refractivity contribution in [2.24, 2.45) is 0 Å². The number of ether oxygens (including phenoxy) is 1. The molecule has 6 rings (SSSR count).